The van der Waals surface area contributed by atoms with Crippen LogP contribution in [0.1, 0.15) is 18.5 Å². The number of carbonyl (C=O) groups is 1. The molecule has 1 aliphatic heterocycles. The van der Waals surface area contributed by atoms with Crippen molar-refractivity contribution in [3.63, 3.8) is 0 Å². The molecule has 0 saturated carbocycles. The molecule has 0 radical (unpaired) electrons. The van der Waals surface area contributed by atoms with E-state index >= 15 is 0 Å². The smallest absolute Gasteiger partial charge is 0.321 e. The Morgan fingerprint density at radius 2 is 1.85 bits per heavy atom. The molecule has 1 aromatic carbocycles. The molecule has 7 heteroatoms. The minimum absolute atomic E-state index is 0.00101. The largest absolute Gasteiger partial charge is 0.490 e. The summed E-state index contributed by atoms with van der Waals surface area (Å²) in [7, 11) is 1.74. The molecule has 2 heterocycles. The number of carbonyl (C=O) groups excluding carboxylic acids is 1. The lowest BCUT2D eigenvalue weighted by atomic mass is 10.1. The number of nitrogens with zero attached hydrogens (tertiary/aromatic N) is 2. The van der Waals surface area contributed by atoms with Gasteiger partial charge in [0.15, 0.2) is 0 Å². The molecular weight excluding hydrogens is 354 g/mol. The lowest BCUT2D eigenvalue weighted by Crippen LogP contribution is -2.43. The molecule has 2 amide bonds. The average Bonchev–Trinajstić information content (AvgIpc) is 2.62. The molecule has 1 N–H and O–H groups in total. The number of nitrogens with one attached hydrogen (secondary N) is 1. The van der Waals surface area contributed by atoms with E-state index in [9.17, 15) is 9.59 Å². The summed E-state index contributed by atoms with van der Waals surface area (Å²) in [6, 6.07) is 10.3. The molecule has 3 rings (SSSR count). The van der Waals surface area contributed by atoms with Crippen LogP contribution in [0.2, 0.25) is 5.02 Å². The van der Waals surface area contributed by atoms with Gasteiger partial charge in [-0.15, -0.1) is 0 Å². The number of aryl methyl sites for hydroxylation is 1. The second kappa shape index (κ2) is 7.83. The van der Waals surface area contributed by atoms with Crippen molar-refractivity contribution in [1.29, 1.82) is 0 Å². The first-order valence-corrected chi connectivity index (χ1v) is 8.96. The van der Waals surface area contributed by atoms with E-state index in [0.717, 1.165) is 18.5 Å². The summed E-state index contributed by atoms with van der Waals surface area (Å²) in [6.07, 6.45) is 1.45. The van der Waals surface area contributed by atoms with E-state index in [-0.39, 0.29) is 17.7 Å². The molecule has 0 spiro atoms. The van der Waals surface area contributed by atoms with Crippen molar-refractivity contribution in [2.24, 2.45) is 7.05 Å². The van der Waals surface area contributed by atoms with Gasteiger partial charge >= 0.3 is 6.03 Å². The van der Waals surface area contributed by atoms with Crippen molar-refractivity contribution in [2.75, 3.05) is 18.4 Å². The van der Waals surface area contributed by atoms with E-state index in [1.54, 1.807) is 40.8 Å². The number of amides is 2. The van der Waals surface area contributed by atoms with Gasteiger partial charge in [0.25, 0.3) is 5.56 Å². The van der Waals surface area contributed by atoms with Gasteiger partial charge in [0.05, 0.1) is 0 Å². The van der Waals surface area contributed by atoms with Crippen LogP contribution in [0.15, 0.2) is 41.2 Å². The first-order chi connectivity index (χ1) is 12.4. The minimum atomic E-state index is -0.129. The molecule has 2 aromatic rings. The highest BCUT2D eigenvalue weighted by molar-refractivity contribution is 6.30. The zero-order valence-electron chi connectivity index (χ0n) is 14.9. The molecule has 1 aliphatic rings. The topological polar surface area (TPSA) is 63.6 Å². The number of halogens is 1. The van der Waals surface area contributed by atoms with Crippen molar-refractivity contribution >= 4 is 23.3 Å². The number of hydrogen-bond donors (Lipinski definition) is 1. The summed E-state index contributed by atoms with van der Waals surface area (Å²) in [4.78, 5) is 26.0. The van der Waals surface area contributed by atoms with E-state index in [1.165, 1.54) is 6.07 Å². The summed E-state index contributed by atoms with van der Waals surface area (Å²) < 4.78 is 7.53. The minimum Gasteiger partial charge on any atom is -0.490 e. The van der Waals surface area contributed by atoms with Crippen LogP contribution in [-0.2, 0) is 7.05 Å². The van der Waals surface area contributed by atoms with Crippen molar-refractivity contribution in [3.05, 3.63) is 57.5 Å². The maximum Gasteiger partial charge on any atom is 0.321 e. The van der Waals surface area contributed by atoms with Crippen LogP contribution in [0, 0.1) is 6.92 Å². The number of benzene rings is 1. The van der Waals surface area contributed by atoms with Crippen LogP contribution in [0.3, 0.4) is 0 Å². The number of pyridine rings is 1. The first-order valence-electron chi connectivity index (χ1n) is 8.58. The van der Waals surface area contributed by atoms with E-state index < -0.39 is 0 Å². The van der Waals surface area contributed by atoms with Gasteiger partial charge in [0, 0.05) is 55.4 Å². The molecule has 0 aliphatic carbocycles. The van der Waals surface area contributed by atoms with E-state index in [2.05, 4.69) is 5.32 Å². The van der Waals surface area contributed by atoms with Crippen molar-refractivity contribution < 1.29 is 9.53 Å². The quantitative estimate of drug-likeness (QED) is 0.894. The summed E-state index contributed by atoms with van der Waals surface area (Å²) in [5.41, 5.74) is 1.49. The molecule has 6 nitrogen and oxygen atoms in total. The Morgan fingerprint density at radius 3 is 2.46 bits per heavy atom. The number of anilines is 1. The van der Waals surface area contributed by atoms with Crippen LogP contribution >= 0.6 is 11.6 Å². The van der Waals surface area contributed by atoms with Gasteiger partial charge < -0.3 is 19.5 Å². The van der Waals surface area contributed by atoms with Gasteiger partial charge in [-0.05, 0) is 37.3 Å². The maximum atomic E-state index is 12.3. The van der Waals surface area contributed by atoms with Crippen molar-refractivity contribution in [1.82, 2.24) is 9.47 Å². The highest BCUT2D eigenvalue weighted by Gasteiger charge is 2.24. The maximum absolute atomic E-state index is 12.3. The van der Waals surface area contributed by atoms with Gasteiger partial charge in [-0.2, -0.15) is 0 Å². The zero-order valence-corrected chi connectivity index (χ0v) is 15.6. The molecule has 26 heavy (non-hydrogen) atoms. The van der Waals surface area contributed by atoms with Crippen LogP contribution < -0.4 is 15.6 Å². The fourth-order valence-electron chi connectivity index (χ4n) is 2.91. The Kier molecular flexibility index (Phi) is 5.52. The SMILES string of the molecule is Cc1cc(OC2CCN(C(=O)Nc3ccc(Cl)cc3)CC2)cc(=O)n1C. The molecule has 1 saturated heterocycles. The van der Waals surface area contributed by atoms with E-state index in [4.69, 9.17) is 16.3 Å². The fraction of sp³-hybridized carbons (Fsp3) is 0.368. The number of ether oxygens (including phenoxy) is 1. The Bertz CT molecular complexity index is 840. The summed E-state index contributed by atoms with van der Waals surface area (Å²) >= 11 is 5.85. The van der Waals surface area contributed by atoms with Crippen LogP contribution in [0.5, 0.6) is 5.75 Å². The standard InChI is InChI=1S/C19H22ClN3O3/c1-13-11-17(12-18(24)22(13)2)26-16-7-9-23(10-8-16)19(25)21-15-5-3-14(20)4-6-15/h3-6,11-12,16H,7-10H2,1-2H3,(H,21,25). The number of hydrogen-bond acceptors (Lipinski definition) is 3. The van der Waals surface area contributed by atoms with Crippen LogP contribution in [0.25, 0.3) is 0 Å². The van der Waals surface area contributed by atoms with Crippen LogP contribution in [-0.4, -0.2) is 34.7 Å². The third-order valence-corrected chi connectivity index (χ3v) is 4.86. The molecule has 138 valence electrons. The van der Waals surface area contributed by atoms with Gasteiger partial charge in [-0.1, -0.05) is 11.6 Å². The normalized spacial score (nSPS) is 15.0. The monoisotopic (exact) mass is 375 g/mol. The van der Waals surface area contributed by atoms with Gasteiger partial charge in [-0.25, -0.2) is 4.79 Å². The number of urea groups is 1. The van der Waals surface area contributed by atoms with Gasteiger partial charge in [-0.3, -0.25) is 4.79 Å². The first kappa shape index (κ1) is 18.3. The Hall–Kier alpha value is -2.47. The third kappa shape index (κ3) is 4.38. The van der Waals surface area contributed by atoms with Crippen LogP contribution in [0.4, 0.5) is 10.5 Å². The van der Waals surface area contributed by atoms with E-state index in [1.807, 2.05) is 13.0 Å². The summed E-state index contributed by atoms with van der Waals surface area (Å²) in [5.74, 6) is 0.592. The summed E-state index contributed by atoms with van der Waals surface area (Å²) in [5, 5.41) is 3.50. The molecule has 1 fully saturated rings. The van der Waals surface area contributed by atoms with E-state index in [0.29, 0.717) is 29.5 Å². The molecule has 0 bridgehead atoms. The predicted molar refractivity (Wildman–Crippen MR) is 102 cm³/mol. The molecular formula is C19H22ClN3O3. The second-order valence-corrected chi connectivity index (χ2v) is 6.91. The molecule has 0 atom stereocenters. The molecule has 1 aromatic heterocycles. The molecule has 0 unspecified atom stereocenters. The number of piperidine rings is 1. The average molecular weight is 376 g/mol. The lowest BCUT2D eigenvalue weighted by Gasteiger charge is -2.32. The van der Waals surface area contributed by atoms with Crippen molar-refractivity contribution in [3.8, 4) is 5.75 Å². The number of aromatic nitrogens is 1. The number of likely N-dealkylation sites (tertiary alicyclic amines) is 1. The highest BCUT2D eigenvalue weighted by Crippen LogP contribution is 2.20. The van der Waals surface area contributed by atoms with Gasteiger partial charge in [0.2, 0.25) is 0 Å². The van der Waals surface area contributed by atoms with Crippen molar-refractivity contribution in [2.45, 2.75) is 25.9 Å². The predicted octanol–water partition coefficient (Wildman–Crippen LogP) is 3.42. The lowest BCUT2D eigenvalue weighted by molar-refractivity contribution is 0.115. The Morgan fingerprint density at radius 1 is 1.19 bits per heavy atom. The number of rotatable bonds is 3. The summed E-state index contributed by atoms with van der Waals surface area (Å²) in [6.45, 7) is 3.08. The zero-order chi connectivity index (χ0) is 18.7. The van der Waals surface area contributed by atoms with Gasteiger partial charge in [0.1, 0.15) is 11.9 Å². The Balaban J connectivity index is 1.53. The highest BCUT2D eigenvalue weighted by atomic mass is 35.5. The Labute approximate surface area is 157 Å². The second-order valence-electron chi connectivity index (χ2n) is 6.47. The third-order valence-electron chi connectivity index (χ3n) is 4.60. The fourth-order valence-corrected chi connectivity index (χ4v) is 3.04.